The lowest BCUT2D eigenvalue weighted by molar-refractivity contribution is -0.142. The van der Waals surface area contributed by atoms with Gasteiger partial charge < -0.3 is 19.8 Å². The van der Waals surface area contributed by atoms with Gasteiger partial charge in [0.2, 0.25) is 5.91 Å². The molecule has 7 nitrogen and oxygen atoms in total. The van der Waals surface area contributed by atoms with Crippen molar-refractivity contribution in [3.63, 3.8) is 0 Å². The average Bonchev–Trinajstić information content (AvgIpc) is 2.72. The Morgan fingerprint density at radius 3 is 2.10 bits per heavy atom. The zero-order valence-electron chi connectivity index (χ0n) is 12.5. The van der Waals surface area contributed by atoms with Gasteiger partial charge in [-0.3, -0.25) is 4.79 Å². The fourth-order valence-electron chi connectivity index (χ4n) is 2.99. The van der Waals surface area contributed by atoms with E-state index in [1.54, 1.807) is 9.80 Å². The van der Waals surface area contributed by atoms with Crippen LogP contribution in [0.15, 0.2) is 0 Å². The summed E-state index contributed by atoms with van der Waals surface area (Å²) in [5.74, 6) is -0.909. The van der Waals surface area contributed by atoms with Gasteiger partial charge in [0.25, 0.3) is 0 Å². The van der Waals surface area contributed by atoms with Gasteiger partial charge in [0.15, 0.2) is 0 Å². The largest absolute Gasteiger partial charge is 0.480 e. The Morgan fingerprint density at radius 2 is 1.52 bits per heavy atom. The van der Waals surface area contributed by atoms with Gasteiger partial charge in [-0.2, -0.15) is 0 Å². The lowest BCUT2D eigenvalue weighted by atomic mass is 10.1. The van der Waals surface area contributed by atoms with Gasteiger partial charge in [-0.1, -0.05) is 12.8 Å². The van der Waals surface area contributed by atoms with Crippen molar-refractivity contribution >= 4 is 17.9 Å². The van der Waals surface area contributed by atoms with E-state index < -0.39 is 12.0 Å². The molecule has 21 heavy (non-hydrogen) atoms. The van der Waals surface area contributed by atoms with Crippen LogP contribution in [0.3, 0.4) is 0 Å². The molecule has 0 aromatic carbocycles. The van der Waals surface area contributed by atoms with Gasteiger partial charge in [-0.15, -0.1) is 0 Å². The van der Waals surface area contributed by atoms with Crippen molar-refractivity contribution in [2.24, 2.45) is 0 Å². The highest BCUT2D eigenvalue weighted by Gasteiger charge is 2.34. The van der Waals surface area contributed by atoms with Crippen molar-refractivity contribution in [2.45, 2.75) is 38.6 Å². The van der Waals surface area contributed by atoms with Crippen molar-refractivity contribution in [1.29, 1.82) is 0 Å². The van der Waals surface area contributed by atoms with Crippen molar-refractivity contribution in [3.05, 3.63) is 0 Å². The maximum absolute atomic E-state index is 12.6. The molecule has 0 radical (unpaired) electrons. The third kappa shape index (κ3) is 3.65. The molecule has 118 valence electrons. The van der Waals surface area contributed by atoms with Crippen LogP contribution in [0.4, 0.5) is 4.79 Å². The molecule has 2 aliphatic heterocycles. The second kappa shape index (κ2) is 6.78. The molecule has 2 rings (SSSR count). The highest BCUT2D eigenvalue weighted by atomic mass is 16.4. The second-order valence-electron chi connectivity index (χ2n) is 5.67. The fourth-order valence-corrected chi connectivity index (χ4v) is 2.99. The number of hydrogen-bond donors (Lipinski definition) is 1. The third-order valence-corrected chi connectivity index (χ3v) is 4.28. The van der Waals surface area contributed by atoms with E-state index in [-0.39, 0.29) is 11.9 Å². The quantitative estimate of drug-likeness (QED) is 0.768. The molecule has 2 aliphatic rings. The number of carboxylic acid groups (broad SMARTS) is 1. The van der Waals surface area contributed by atoms with Crippen LogP contribution >= 0.6 is 0 Å². The van der Waals surface area contributed by atoms with Crippen LogP contribution < -0.4 is 0 Å². The minimum absolute atomic E-state index is 0.0142. The Kier molecular flexibility index (Phi) is 5.03. The summed E-state index contributed by atoms with van der Waals surface area (Å²) in [5, 5.41) is 9.33. The Hall–Kier alpha value is -1.79. The third-order valence-electron chi connectivity index (χ3n) is 4.28. The molecule has 2 heterocycles. The number of hydrogen-bond acceptors (Lipinski definition) is 3. The number of rotatable bonds is 1. The van der Waals surface area contributed by atoms with Gasteiger partial charge in [0.1, 0.15) is 6.04 Å². The predicted octanol–water partition coefficient (Wildman–Crippen LogP) is 0.600. The number of aliphatic carboxylic acids is 1. The predicted molar refractivity (Wildman–Crippen MR) is 75.8 cm³/mol. The molecule has 1 unspecified atom stereocenters. The summed E-state index contributed by atoms with van der Waals surface area (Å²) < 4.78 is 0. The fraction of sp³-hybridized carbons (Fsp3) is 0.786. The van der Waals surface area contributed by atoms with Gasteiger partial charge >= 0.3 is 12.0 Å². The second-order valence-corrected chi connectivity index (χ2v) is 5.67. The first kappa shape index (κ1) is 15.6. The highest BCUT2D eigenvalue weighted by molar-refractivity contribution is 5.83. The summed E-state index contributed by atoms with van der Waals surface area (Å²) in [6.07, 6.45) is 3.18. The van der Waals surface area contributed by atoms with E-state index in [0.29, 0.717) is 39.1 Å². The number of likely N-dealkylation sites (tertiary alicyclic amines) is 1. The number of nitrogens with zero attached hydrogens (tertiary/aromatic N) is 3. The molecule has 1 N–H and O–H groups in total. The van der Waals surface area contributed by atoms with Crippen LogP contribution in [0.1, 0.15) is 32.6 Å². The summed E-state index contributed by atoms with van der Waals surface area (Å²) in [6, 6.07) is -0.918. The Labute approximate surface area is 124 Å². The topological polar surface area (TPSA) is 81.2 Å². The van der Waals surface area contributed by atoms with E-state index in [0.717, 1.165) is 19.3 Å². The van der Waals surface area contributed by atoms with E-state index in [1.165, 1.54) is 11.8 Å². The Morgan fingerprint density at radius 1 is 0.905 bits per heavy atom. The first-order valence-corrected chi connectivity index (χ1v) is 7.54. The normalized spacial score (nSPS) is 23.7. The molecule has 0 aromatic rings. The highest BCUT2D eigenvalue weighted by Crippen LogP contribution is 2.19. The van der Waals surface area contributed by atoms with E-state index >= 15 is 0 Å². The molecule has 0 aliphatic carbocycles. The molecule has 0 aromatic heterocycles. The molecule has 0 spiro atoms. The zero-order chi connectivity index (χ0) is 15.4. The number of carbonyl (C=O) groups is 3. The minimum atomic E-state index is -0.923. The van der Waals surface area contributed by atoms with Crippen molar-refractivity contribution in [3.8, 4) is 0 Å². The number of carboxylic acids is 1. The summed E-state index contributed by atoms with van der Waals surface area (Å²) in [6.45, 7) is 4.01. The van der Waals surface area contributed by atoms with E-state index in [2.05, 4.69) is 0 Å². The van der Waals surface area contributed by atoms with Crippen molar-refractivity contribution in [2.75, 3.05) is 32.7 Å². The summed E-state index contributed by atoms with van der Waals surface area (Å²) in [7, 11) is 0. The molecule has 2 fully saturated rings. The van der Waals surface area contributed by atoms with Crippen LogP contribution in [-0.2, 0) is 9.59 Å². The van der Waals surface area contributed by atoms with Crippen molar-refractivity contribution in [1.82, 2.24) is 14.7 Å². The summed E-state index contributed by atoms with van der Waals surface area (Å²) in [5.41, 5.74) is 0. The molecule has 0 bridgehead atoms. The monoisotopic (exact) mass is 297 g/mol. The van der Waals surface area contributed by atoms with Crippen LogP contribution in [0.2, 0.25) is 0 Å². The van der Waals surface area contributed by atoms with Crippen LogP contribution in [0.25, 0.3) is 0 Å². The Balaban J connectivity index is 2.00. The van der Waals surface area contributed by atoms with Crippen LogP contribution in [0, 0.1) is 0 Å². The van der Waals surface area contributed by atoms with Crippen molar-refractivity contribution < 1.29 is 19.5 Å². The SMILES string of the molecule is CC(=O)N1CCN(C(=O)N2CCCCCC2C(=O)O)CC1. The van der Waals surface area contributed by atoms with Crippen LogP contribution in [0.5, 0.6) is 0 Å². The lowest BCUT2D eigenvalue weighted by Gasteiger charge is -2.38. The standard InChI is InChI=1S/C14H23N3O4/c1-11(18)15-7-9-16(10-8-15)14(21)17-6-4-2-3-5-12(17)13(19)20/h12H,2-10H2,1H3,(H,19,20). The maximum atomic E-state index is 12.6. The Bertz CT molecular complexity index is 418. The van der Waals surface area contributed by atoms with Gasteiger partial charge in [0, 0.05) is 39.6 Å². The molecular weight excluding hydrogens is 274 g/mol. The van der Waals surface area contributed by atoms with E-state index in [1.807, 2.05) is 0 Å². The molecule has 1 atom stereocenters. The van der Waals surface area contributed by atoms with Gasteiger partial charge in [-0.05, 0) is 12.8 Å². The van der Waals surface area contributed by atoms with Gasteiger partial charge in [-0.25, -0.2) is 9.59 Å². The molecule has 7 heteroatoms. The first-order valence-electron chi connectivity index (χ1n) is 7.54. The molecule has 3 amide bonds. The number of amides is 3. The maximum Gasteiger partial charge on any atom is 0.326 e. The van der Waals surface area contributed by atoms with Gasteiger partial charge in [0.05, 0.1) is 0 Å². The average molecular weight is 297 g/mol. The lowest BCUT2D eigenvalue weighted by Crippen LogP contribution is -2.56. The number of urea groups is 1. The summed E-state index contributed by atoms with van der Waals surface area (Å²) >= 11 is 0. The van der Waals surface area contributed by atoms with E-state index in [9.17, 15) is 19.5 Å². The molecular formula is C14H23N3O4. The molecule has 2 saturated heterocycles. The number of carbonyl (C=O) groups excluding carboxylic acids is 2. The first-order chi connectivity index (χ1) is 10.0. The molecule has 0 saturated carbocycles. The van der Waals surface area contributed by atoms with Crippen LogP contribution in [-0.4, -0.2) is 76.5 Å². The van der Waals surface area contributed by atoms with E-state index in [4.69, 9.17) is 0 Å². The zero-order valence-corrected chi connectivity index (χ0v) is 12.5. The summed E-state index contributed by atoms with van der Waals surface area (Å²) in [4.78, 5) is 40.1. The smallest absolute Gasteiger partial charge is 0.326 e. The minimum Gasteiger partial charge on any atom is -0.480 e. The number of piperazine rings is 1.